The van der Waals surface area contributed by atoms with Crippen LogP contribution in [-0.2, 0) is 4.74 Å². The zero-order valence-electron chi connectivity index (χ0n) is 13.8. The molecule has 1 unspecified atom stereocenters. The first-order chi connectivity index (χ1) is 11.5. The van der Waals surface area contributed by atoms with Crippen LogP contribution in [0.15, 0.2) is 48.5 Å². The predicted octanol–water partition coefficient (Wildman–Crippen LogP) is 3.53. The molecule has 2 aromatic rings. The monoisotopic (exact) mass is 344 g/mol. The molecule has 0 aliphatic rings. The maximum absolute atomic E-state index is 11.6. The highest BCUT2D eigenvalue weighted by Crippen LogP contribution is 2.18. The Bertz CT molecular complexity index is 716. The Morgan fingerprint density at radius 3 is 2.46 bits per heavy atom. The fraction of sp³-hybridized carbons (Fsp3) is 0.222. The van der Waals surface area contributed by atoms with E-state index < -0.39 is 0 Å². The molecule has 2 N–H and O–H groups in total. The molecular formula is C18H20N2O3S. The molecule has 0 amide bonds. The van der Waals surface area contributed by atoms with Gasteiger partial charge in [-0.15, -0.1) is 0 Å². The second-order valence-corrected chi connectivity index (χ2v) is 5.57. The Morgan fingerprint density at radius 1 is 1.12 bits per heavy atom. The van der Waals surface area contributed by atoms with E-state index in [1.54, 1.807) is 25.3 Å². The van der Waals surface area contributed by atoms with E-state index in [1.165, 1.54) is 7.11 Å². The Labute approximate surface area is 147 Å². The molecule has 2 rings (SSSR count). The van der Waals surface area contributed by atoms with E-state index in [9.17, 15) is 4.79 Å². The maximum Gasteiger partial charge on any atom is 0.337 e. The number of thiocarbonyl (C=S) groups is 1. The van der Waals surface area contributed by atoms with Crippen LogP contribution in [-0.4, -0.2) is 25.3 Å². The summed E-state index contributed by atoms with van der Waals surface area (Å²) in [6.07, 6.45) is 0. The van der Waals surface area contributed by atoms with E-state index in [4.69, 9.17) is 21.7 Å². The van der Waals surface area contributed by atoms with E-state index in [1.807, 2.05) is 37.3 Å². The summed E-state index contributed by atoms with van der Waals surface area (Å²) in [5.74, 6) is 0.426. The van der Waals surface area contributed by atoms with Crippen molar-refractivity contribution in [3.63, 3.8) is 0 Å². The van der Waals surface area contributed by atoms with Gasteiger partial charge < -0.3 is 20.1 Å². The van der Waals surface area contributed by atoms with Crippen molar-refractivity contribution in [2.24, 2.45) is 0 Å². The van der Waals surface area contributed by atoms with Gasteiger partial charge in [-0.05, 0) is 55.0 Å². The zero-order chi connectivity index (χ0) is 17.5. The van der Waals surface area contributed by atoms with Gasteiger partial charge in [0.05, 0.1) is 25.8 Å². The minimum Gasteiger partial charge on any atom is -0.497 e. The number of benzene rings is 2. The van der Waals surface area contributed by atoms with Gasteiger partial charge in [-0.1, -0.05) is 18.2 Å². The minimum absolute atomic E-state index is 0.0275. The molecular weight excluding hydrogens is 324 g/mol. The van der Waals surface area contributed by atoms with Gasteiger partial charge in [0.1, 0.15) is 5.75 Å². The summed E-state index contributed by atoms with van der Waals surface area (Å²) in [6, 6.07) is 14.8. The largest absolute Gasteiger partial charge is 0.497 e. The molecule has 126 valence electrons. The molecule has 0 aliphatic heterocycles. The topological polar surface area (TPSA) is 59.6 Å². The molecule has 0 heterocycles. The number of carbonyl (C=O) groups is 1. The van der Waals surface area contributed by atoms with Gasteiger partial charge >= 0.3 is 5.97 Å². The third kappa shape index (κ3) is 4.70. The summed E-state index contributed by atoms with van der Waals surface area (Å²) >= 11 is 5.34. The first-order valence-corrected chi connectivity index (χ1v) is 7.84. The molecule has 1 atom stereocenters. The van der Waals surface area contributed by atoms with E-state index in [0.717, 1.165) is 17.0 Å². The molecule has 0 bridgehead atoms. The molecule has 0 radical (unpaired) electrons. The smallest absolute Gasteiger partial charge is 0.337 e. The quantitative estimate of drug-likeness (QED) is 0.639. The Hall–Kier alpha value is -2.60. The van der Waals surface area contributed by atoms with Crippen LogP contribution < -0.4 is 15.4 Å². The van der Waals surface area contributed by atoms with Crippen molar-refractivity contribution < 1.29 is 14.3 Å². The van der Waals surface area contributed by atoms with Crippen LogP contribution in [0.2, 0.25) is 0 Å². The molecule has 0 fully saturated rings. The normalized spacial score (nSPS) is 11.3. The number of rotatable bonds is 5. The highest BCUT2D eigenvalue weighted by atomic mass is 32.1. The van der Waals surface area contributed by atoms with Gasteiger partial charge in [0.25, 0.3) is 0 Å². The van der Waals surface area contributed by atoms with Crippen LogP contribution in [0.3, 0.4) is 0 Å². The van der Waals surface area contributed by atoms with Crippen molar-refractivity contribution >= 4 is 29.0 Å². The first-order valence-electron chi connectivity index (χ1n) is 7.43. The van der Waals surface area contributed by atoms with Gasteiger partial charge in [-0.25, -0.2) is 4.79 Å². The zero-order valence-corrected chi connectivity index (χ0v) is 14.6. The van der Waals surface area contributed by atoms with Crippen molar-refractivity contribution in [2.45, 2.75) is 13.0 Å². The fourth-order valence-corrected chi connectivity index (χ4v) is 2.48. The number of methoxy groups -OCH3 is 2. The van der Waals surface area contributed by atoms with Gasteiger partial charge in [-0.2, -0.15) is 0 Å². The average Bonchev–Trinajstić information content (AvgIpc) is 2.61. The molecule has 0 saturated carbocycles. The second kappa shape index (κ2) is 8.31. The van der Waals surface area contributed by atoms with Gasteiger partial charge in [-0.3, -0.25) is 0 Å². The number of hydrogen-bond acceptors (Lipinski definition) is 4. The number of anilines is 1. The van der Waals surface area contributed by atoms with E-state index in [2.05, 4.69) is 10.6 Å². The lowest BCUT2D eigenvalue weighted by molar-refractivity contribution is 0.0601. The molecule has 0 aliphatic carbocycles. The number of carbonyl (C=O) groups excluding carboxylic acids is 1. The van der Waals surface area contributed by atoms with E-state index in [-0.39, 0.29) is 12.0 Å². The van der Waals surface area contributed by atoms with Gasteiger partial charge in [0, 0.05) is 5.69 Å². The summed E-state index contributed by atoms with van der Waals surface area (Å²) in [5.41, 5.74) is 2.27. The third-order valence-corrected chi connectivity index (χ3v) is 3.72. The molecule has 0 spiro atoms. The summed E-state index contributed by atoms with van der Waals surface area (Å²) in [7, 11) is 2.99. The lowest BCUT2D eigenvalue weighted by Gasteiger charge is -2.18. The summed E-state index contributed by atoms with van der Waals surface area (Å²) < 4.78 is 9.86. The van der Waals surface area contributed by atoms with Crippen molar-refractivity contribution in [3.8, 4) is 5.75 Å². The number of hydrogen-bond donors (Lipinski definition) is 2. The maximum atomic E-state index is 11.6. The van der Waals surface area contributed by atoms with Crippen LogP contribution in [0.4, 0.5) is 5.69 Å². The lowest BCUT2D eigenvalue weighted by Crippen LogP contribution is -2.30. The average molecular weight is 344 g/mol. The minimum atomic E-state index is -0.385. The molecule has 6 heteroatoms. The standard InChI is InChI=1S/C18H20N2O3S/c1-12(13-7-9-16(22-2)10-8-13)19-18(24)20-15-6-4-5-14(11-15)17(21)23-3/h4-12H,1-3H3,(H2,19,20,24). The SMILES string of the molecule is COC(=O)c1cccc(NC(=S)NC(C)c2ccc(OC)cc2)c1. The van der Waals surface area contributed by atoms with Crippen molar-refractivity contribution in [1.29, 1.82) is 0 Å². The number of ether oxygens (including phenoxy) is 2. The highest BCUT2D eigenvalue weighted by Gasteiger charge is 2.09. The molecule has 24 heavy (non-hydrogen) atoms. The summed E-state index contributed by atoms with van der Waals surface area (Å²) in [4.78, 5) is 11.6. The van der Waals surface area contributed by atoms with E-state index in [0.29, 0.717) is 10.7 Å². The summed E-state index contributed by atoms with van der Waals surface area (Å²) in [5, 5.41) is 6.75. The number of nitrogens with one attached hydrogen (secondary N) is 2. The predicted molar refractivity (Wildman–Crippen MR) is 98.5 cm³/mol. The Morgan fingerprint density at radius 2 is 1.83 bits per heavy atom. The molecule has 2 aromatic carbocycles. The second-order valence-electron chi connectivity index (χ2n) is 5.17. The molecule has 0 saturated heterocycles. The third-order valence-electron chi connectivity index (χ3n) is 3.50. The van der Waals surface area contributed by atoms with Crippen molar-refractivity contribution in [2.75, 3.05) is 19.5 Å². The van der Waals surface area contributed by atoms with Crippen LogP contribution in [0.5, 0.6) is 5.75 Å². The van der Waals surface area contributed by atoms with Crippen LogP contribution in [0.1, 0.15) is 28.9 Å². The Balaban J connectivity index is 1.98. The van der Waals surface area contributed by atoms with E-state index >= 15 is 0 Å². The Kier molecular flexibility index (Phi) is 6.14. The van der Waals surface area contributed by atoms with Crippen LogP contribution in [0.25, 0.3) is 0 Å². The van der Waals surface area contributed by atoms with Crippen molar-refractivity contribution in [3.05, 3.63) is 59.7 Å². The summed E-state index contributed by atoms with van der Waals surface area (Å²) in [6.45, 7) is 2.01. The lowest BCUT2D eigenvalue weighted by atomic mass is 10.1. The molecule has 0 aromatic heterocycles. The van der Waals surface area contributed by atoms with Gasteiger partial charge in [0.2, 0.25) is 0 Å². The van der Waals surface area contributed by atoms with Crippen LogP contribution in [0, 0.1) is 0 Å². The van der Waals surface area contributed by atoms with Gasteiger partial charge in [0.15, 0.2) is 5.11 Å². The van der Waals surface area contributed by atoms with Crippen LogP contribution >= 0.6 is 12.2 Å². The molecule has 5 nitrogen and oxygen atoms in total. The first kappa shape index (κ1) is 17.7. The highest BCUT2D eigenvalue weighted by molar-refractivity contribution is 7.80. The number of esters is 1. The van der Waals surface area contributed by atoms with Crippen molar-refractivity contribution in [1.82, 2.24) is 5.32 Å². The fourth-order valence-electron chi connectivity index (χ4n) is 2.18.